The molecule has 0 radical (unpaired) electrons. The van der Waals surface area contributed by atoms with E-state index >= 15 is 0 Å². The topological polar surface area (TPSA) is 160 Å². The van der Waals surface area contributed by atoms with Crippen LogP contribution < -0.4 is 20.5 Å². The maximum atomic E-state index is 12.3. The minimum absolute atomic E-state index is 0.0134. The molecule has 0 spiro atoms. The number of ether oxygens (including phenoxy) is 3. The number of nitro groups is 1. The zero-order chi connectivity index (χ0) is 22.4. The van der Waals surface area contributed by atoms with Crippen LogP contribution in [0, 0.1) is 17.0 Å². The largest absolute Gasteiger partial charge is 0.496 e. The van der Waals surface area contributed by atoms with Crippen molar-refractivity contribution in [3.8, 4) is 11.5 Å². The van der Waals surface area contributed by atoms with Crippen molar-refractivity contribution < 1.29 is 33.5 Å². The number of esters is 1. The Morgan fingerprint density at radius 3 is 2.57 bits per heavy atom. The van der Waals surface area contributed by atoms with E-state index in [4.69, 9.17) is 19.9 Å². The number of nitrogens with two attached hydrogens (primary N) is 1. The monoisotopic (exact) mass is 437 g/mol. The van der Waals surface area contributed by atoms with Crippen LogP contribution in [0.5, 0.6) is 11.5 Å². The molecule has 0 aliphatic carbocycles. The normalized spacial score (nSPS) is 10.2. The van der Waals surface area contributed by atoms with Gasteiger partial charge in [-0.3, -0.25) is 19.7 Å². The molecule has 1 heterocycles. The molecule has 1 aromatic carbocycles. The van der Waals surface area contributed by atoms with Crippen LogP contribution in [0.3, 0.4) is 0 Å². The van der Waals surface area contributed by atoms with Crippen molar-refractivity contribution >= 4 is 39.8 Å². The number of nitrogens with zero attached hydrogens (tertiary/aromatic N) is 1. The first kappa shape index (κ1) is 22.6. The highest BCUT2D eigenvalue weighted by molar-refractivity contribution is 7.18. The van der Waals surface area contributed by atoms with E-state index in [0.29, 0.717) is 0 Å². The SMILES string of the molecule is CCOC(=O)c1c(NC(=O)COc2ccc(OC)cc2[N+](=O)[O-])sc(C(N)=O)c1C. The molecule has 2 amide bonds. The van der Waals surface area contributed by atoms with Crippen molar-refractivity contribution in [3.05, 3.63) is 44.3 Å². The number of thiophene rings is 1. The van der Waals surface area contributed by atoms with Gasteiger partial charge in [-0.2, -0.15) is 0 Å². The van der Waals surface area contributed by atoms with Crippen LogP contribution in [0.4, 0.5) is 10.7 Å². The van der Waals surface area contributed by atoms with Crippen LogP contribution in [0.2, 0.25) is 0 Å². The number of nitrogens with one attached hydrogen (secondary N) is 1. The maximum absolute atomic E-state index is 12.3. The van der Waals surface area contributed by atoms with Crippen LogP contribution in [0.1, 0.15) is 32.5 Å². The number of benzene rings is 1. The fourth-order valence-electron chi connectivity index (χ4n) is 2.48. The lowest BCUT2D eigenvalue weighted by Gasteiger charge is -2.09. The van der Waals surface area contributed by atoms with E-state index in [1.54, 1.807) is 6.92 Å². The van der Waals surface area contributed by atoms with Gasteiger partial charge in [0.05, 0.1) is 35.1 Å². The number of carbonyl (C=O) groups is 3. The van der Waals surface area contributed by atoms with E-state index in [1.807, 2.05) is 0 Å². The third kappa shape index (κ3) is 5.03. The van der Waals surface area contributed by atoms with Gasteiger partial charge in [0.1, 0.15) is 10.8 Å². The molecule has 2 aromatic rings. The van der Waals surface area contributed by atoms with Gasteiger partial charge in [-0.25, -0.2) is 4.79 Å². The number of methoxy groups -OCH3 is 1. The number of rotatable bonds is 9. The first-order valence-electron chi connectivity index (χ1n) is 8.54. The van der Waals surface area contributed by atoms with Gasteiger partial charge >= 0.3 is 11.7 Å². The highest BCUT2D eigenvalue weighted by atomic mass is 32.1. The number of hydrogen-bond donors (Lipinski definition) is 2. The molecule has 12 heteroatoms. The summed E-state index contributed by atoms with van der Waals surface area (Å²) in [5.74, 6) is -2.07. The molecule has 0 saturated heterocycles. The lowest BCUT2D eigenvalue weighted by Crippen LogP contribution is -2.21. The van der Waals surface area contributed by atoms with Crippen LogP contribution in [-0.4, -0.2) is 43.0 Å². The van der Waals surface area contributed by atoms with E-state index in [0.717, 1.165) is 17.4 Å². The summed E-state index contributed by atoms with van der Waals surface area (Å²) in [7, 11) is 1.36. The summed E-state index contributed by atoms with van der Waals surface area (Å²) in [6, 6.07) is 3.91. The van der Waals surface area contributed by atoms with Crippen molar-refractivity contribution in [2.24, 2.45) is 5.73 Å². The molecule has 30 heavy (non-hydrogen) atoms. The molecule has 11 nitrogen and oxygen atoms in total. The molecule has 3 N–H and O–H groups in total. The van der Waals surface area contributed by atoms with Gasteiger partial charge in [0.15, 0.2) is 12.4 Å². The Morgan fingerprint density at radius 1 is 1.30 bits per heavy atom. The molecule has 0 aliphatic heterocycles. The highest BCUT2D eigenvalue weighted by Crippen LogP contribution is 2.34. The summed E-state index contributed by atoms with van der Waals surface area (Å²) in [4.78, 5) is 46.7. The highest BCUT2D eigenvalue weighted by Gasteiger charge is 2.26. The van der Waals surface area contributed by atoms with Gasteiger partial charge in [0, 0.05) is 0 Å². The van der Waals surface area contributed by atoms with E-state index in [2.05, 4.69) is 5.32 Å². The number of hydrogen-bond acceptors (Lipinski definition) is 9. The van der Waals surface area contributed by atoms with Gasteiger partial charge in [-0.15, -0.1) is 11.3 Å². The minimum atomic E-state index is -0.756. The van der Waals surface area contributed by atoms with Crippen LogP contribution in [0.25, 0.3) is 0 Å². The summed E-state index contributed by atoms with van der Waals surface area (Å²) in [5, 5.41) is 13.7. The summed E-state index contributed by atoms with van der Waals surface area (Å²) in [6.45, 7) is 2.63. The zero-order valence-electron chi connectivity index (χ0n) is 16.3. The summed E-state index contributed by atoms with van der Waals surface area (Å²) in [5.41, 5.74) is 5.23. The molecular weight excluding hydrogens is 418 g/mol. The van der Waals surface area contributed by atoms with Gasteiger partial charge < -0.3 is 25.3 Å². The van der Waals surface area contributed by atoms with Crippen molar-refractivity contribution in [2.75, 3.05) is 25.6 Å². The van der Waals surface area contributed by atoms with Gasteiger partial charge in [-0.1, -0.05) is 0 Å². The second-order valence-corrected chi connectivity index (χ2v) is 6.79. The van der Waals surface area contributed by atoms with Crippen molar-refractivity contribution in [1.29, 1.82) is 0 Å². The van der Waals surface area contributed by atoms with Crippen LogP contribution in [0.15, 0.2) is 18.2 Å². The van der Waals surface area contributed by atoms with Gasteiger partial charge in [0.25, 0.3) is 11.8 Å². The van der Waals surface area contributed by atoms with E-state index in [1.165, 1.54) is 26.2 Å². The molecule has 160 valence electrons. The quantitative estimate of drug-likeness (QED) is 0.343. The Morgan fingerprint density at radius 2 is 2.00 bits per heavy atom. The number of anilines is 1. The van der Waals surface area contributed by atoms with Gasteiger partial charge in [0.2, 0.25) is 0 Å². The fourth-order valence-corrected chi connectivity index (χ4v) is 3.54. The predicted octanol–water partition coefficient (Wildman–Crippen LogP) is 2.27. The summed E-state index contributed by atoms with van der Waals surface area (Å²) < 4.78 is 15.1. The minimum Gasteiger partial charge on any atom is -0.496 e. The smallest absolute Gasteiger partial charge is 0.341 e. The lowest BCUT2D eigenvalue weighted by molar-refractivity contribution is -0.385. The Hall–Kier alpha value is -3.67. The number of carbonyl (C=O) groups excluding carboxylic acids is 3. The maximum Gasteiger partial charge on any atom is 0.341 e. The first-order chi connectivity index (χ1) is 14.2. The molecule has 0 saturated carbocycles. The first-order valence-corrected chi connectivity index (χ1v) is 9.36. The predicted molar refractivity (Wildman–Crippen MR) is 107 cm³/mol. The molecule has 0 aliphatic rings. The van der Waals surface area contributed by atoms with E-state index in [9.17, 15) is 24.5 Å². The molecule has 0 bridgehead atoms. The Labute approximate surface area is 174 Å². The van der Waals surface area contributed by atoms with E-state index < -0.39 is 29.3 Å². The molecule has 0 atom stereocenters. The molecule has 0 unspecified atom stereocenters. The van der Waals surface area contributed by atoms with Crippen LogP contribution in [-0.2, 0) is 9.53 Å². The molecular formula is C18H19N3O8S. The summed E-state index contributed by atoms with van der Waals surface area (Å²) >= 11 is 0.824. The third-order valence-electron chi connectivity index (χ3n) is 3.82. The molecule has 1 aromatic heterocycles. The number of nitro benzene ring substituents is 1. The average molecular weight is 437 g/mol. The lowest BCUT2D eigenvalue weighted by atomic mass is 10.1. The van der Waals surface area contributed by atoms with Crippen molar-refractivity contribution in [2.45, 2.75) is 13.8 Å². The zero-order valence-corrected chi connectivity index (χ0v) is 17.2. The second-order valence-electron chi connectivity index (χ2n) is 5.77. The summed E-state index contributed by atoms with van der Waals surface area (Å²) in [6.07, 6.45) is 0. The van der Waals surface area contributed by atoms with Crippen LogP contribution >= 0.6 is 11.3 Å². The van der Waals surface area contributed by atoms with Crippen molar-refractivity contribution in [3.63, 3.8) is 0 Å². The Kier molecular flexibility index (Phi) is 7.31. The Bertz CT molecular complexity index is 1000. The number of primary amides is 1. The second kappa shape index (κ2) is 9.69. The molecule has 2 rings (SSSR count). The standard InChI is InChI=1S/C18H19N3O8S/c1-4-28-18(24)14-9(2)15(16(19)23)30-17(14)20-13(22)8-29-12-6-5-10(27-3)7-11(12)21(25)26/h5-7H,4,8H2,1-3H3,(H2,19,23)(H,20,22). The molecule has 0 fully saturated rings. The van der Waals surface area contributed by atoms with Gasteiger partial charge in [-0.05, 0) is 31.5 Å². The Balaban J connectivity index is 2.21. The average Bonchev–Trinajstić information content (AvgIpc) is 3.02. The van der Waals surface area contributed by atoms with Crippen molar-refractivity contribution in [1.82, 2.24) is 0 Å². The fraction of sp³-hybridized carbons (Fsp3) is 0.278. The van der Waals surface area contributed by atoms with E-state index in [-0.39, 0.29) is 44.8 Å². The third-order valence-corrected chi connectivity index (χ3v) is 5.05. The number of amides is 2.